The lowest BCUT2D eigenvalue weighted by Crippen LogP contribution is -2.82. The zero-order chi connectivity index (χ0) is 60.6. The Hall–Kier alpha value is -7.42. The van der Waals surface area contributed by atoms with E-state index in [-0.39, 0.29) is 67.0 Å². The Balaban J connectivity index is 1.06. The SMILES string of the molecule is CC(=O)O[C@@]12CO[C@@H]1C[C@H](O)C1(C)C(=O)[C@H](OC(=O)NCCOCCn3c(=O)c(C)cn([C@H]4C[C@H](O)[C@@H](CO)O4)c3=O)C3=C(C)[C@@H](OC(=O)[C@H](O)[C@@H](NC(=O)c4ccccc4)c4ccccc4)C[C@@](O)([C@@H](OC(=O)c4ccccc4)[C@@H]12)C3(C)C. The number of aliphatic hydroxyl groups is 5. The second kappa shape index (κ2) is 24.3. The van der Waals surface area contributed by atoms with Crippen molar-refractivity contribution in [3.8, 4) is 0 Å². The summed E-state index contributed by atoms with van der Waals surface area (Å²) in [5.74, 6) is -6.49. The molecule has 7 N–H and O–H groups in total. The maximum atomic E-state index is 16.1. The second-order valence-corrected chi connectivity index (χ2v) is 22.8. The molecule has 24 heteroatoms. The lowest BCUT2D eigenvalue weighted by molar-refractivity contribution is -0.345. The molecular formula is C60H70N4O20. The number of benzene rings is 3. The van der Waals surface area contributed by atoms with Gasteiger partial charge in [-0.25, -0.2) is 19.2 Å². The first-order chi connectivity index (χ1) is 39.9. The number of esters is 3. The average Bonchev–Trinajstić information content (AvgIpc) is 0.738. The van der Waals surface area contributed by atoms with Crippen LogP contribution >= 0.6 is 0 Å². The number of aryl methyl sites for hydroxylation is 1. The summed E-state index contributed by atoms with van der Waals surface area (Å²) >= 11 is 0. The van der Waals surface area contributed by atoms with Gasteiger partial charge in [-0.2, -0.15) is 0 Å². The fourth-order valence-corrected chi connectivity index (χ4v) is 12.9. The van der Waals surface area contributed by atoms with Gasteiger partial charge in [-0.05, 0) is 61.7 Å². The van der Waals surface area contributed by atoms with Crippen molar-refractivity contribution in [1.29, 1.82) is 0 Å². The van der Waals surface area contributed by atoms with E-state index in [0.717, 1.165) is 16.1 Å². The normalized spacial score (nSPS) is 30.2. The van der Waals surface area contributed by atoms with E-state index < -0.39 is 156 Å². The smallest absolute Gasteiger partial charge is 0.408 e. The van der Waals surface area contributed by atoms with Crippen molar-refractivity contribution in [2.45, 2.75) is 140 Å². The third-order valence-electron chi connectivity index (χ3n) is 17.5. The zero-order valence-electron chi connectivity index (χ0n) is 47.2. The number of ether oxygens (including phenoxy) is 7. The number of alkyl carbamates (subject to hydrolysis) is 1. The molecule has 3 aliphatic carbocycles. The molecule has 0 spiro atoms. The molecule has 9 rings (SSSR count). The molecule has 24 nitrogen and oxygen atoms in total. The zero-order valence-corrected chi connectivity index (χ0v) is 47.2. The lowest BCUT2D eigenvalue weighted by atomic mass is 9.44. The number of hydrogen-bond donors (Lipinski definition) is 7. The number of hydrogen-bond acceptors (Lipinski definition) is 20. The van der Waals surface area contributed by atoms with Gasteiger partial charge in [-0.15, -0.1) is 0 Å². The maximum Gasteiger partial charge on any atom is 0.408 e. The monoisotopic (exact) mass is 1170 g/mol. The average molecular weight is 1170 g/mol. The van der Waals surface area contributed by atoms with Crippen LogP contribution in [0.1, 0.15) is 98.0 Å². The predicted octanol–water partition coefficient (Wildman–Crippen LogP) is 1.89. The van der Waals surface area contributed by atoms with Gasteiger partial charge in [0, 0.05) is 55.5 Å². The van der Waals surface area contributed by atoms with Crippen LogP contribution in [0.5, 0.6) is 0 Å². The van der Waals surface area contributed by atoms with Gasteiger partial charge in [0.1, 0.15) is 36.2 Å². The third-order valence-corrected chi connectivity index (χ3v) is 17.5. The van der Waals surface area contributed by atoms with Crippen molar-refractivity contribution in [2.24, 2.45) is 16.7 Å². The van der Waals surface area contributed by atoms with E-state index in [1.807, 2.05) is 0 Å². The van der Waals surface area contributed by atoms with E-state index in [0.29, 0.717) is 5.56 Å². The van der Waals surface area contributed by atoms with Crippen molar-refractivity contribution in [3.63, 3.8) is 0 Å². The summed E-state index contributed by atoms with van der Waals surface area (Å²) in [6.45, 7) is 6.55. The predicted molar refractivity (Wildman–Crippen MR) is 293 cm³/mol. The third kappa shape index (κ3) is 11.1. The molecule has 3 aromatic carbocycles. The number of fused-ring (bicyclic) bond motifs is 5. The van der Waals surface area contributed by atoms with Crippen molar-refractivity contribution >= 4 is 35.7 Å². The van der Waals surface area contributed by atoms with Crippen molar-refractivity contribution < 1.29 is 87.5 Å². The van der Waals surface area contributed by atoms with E-state index in [1.54, 1.807) is 66.7 Å². The molecular weight excluding hydrogens is 1100 g/mol. The largest absolute Gasteiger partial charge is 0.456 e. The molecule has 2 saturated heterocycles. The van der Waals surface area contributed by atoms with Crippen LogP contribution in [0.15, 0.2) is 118 Å². The molecule has 14 atom stereocenters. The second-order valence-electron chi connectivity index (χ2n) is 22.8. The minimum absolute atomic E-state index is 0.00872. The molecule has 2 bridgehead atoms. The highest BCUT2D eigenvalue weighted by atomic mass is 16.6. The number of nitrogens with zero attached hydrogens (tertiary/aromatic N) is 2. The Labute approximate surface area is 482 Å². The number of rotatable bonds is 18. The molecule has 1 aromatic heterocycles. The van der Waals surface area contributed by atoms with Crippen LogP contribution in [0.4, 0.5) is 4.79 Å². The number of carbonyl (C=O) groups excluding carboxylic acids is 6. The van der Waals surface area contributed by atoms with Crippen molar-refractivity contribution in [2.75, 3.05) is 33.0 Å². The summed E-state index contributed by atoms with van der Waals surface area (Å²) in [7, 11) is 0. The highest BCUT2D eigenvalue weighted by Crippen LogP contribution is 2.64. The minimum Gasteiger partial charge on any atom is -0.456 e. The molecule has 0 radical (unpaired) electrons. The van der Waals surface area contributed by atoms with Crippen LogP contribution in [-0.4, -0.2) is 163 Å². The lowest BCUT2D eigenvalue weighted by Gasteiger charge is -2.67. The molecule has 450 valence electrons. The van der Waals surface area contributed by atoms with Crippen molar-refractivity contribution in [3.05, 3.63) is 151 Å². The van der Waals surface area contributed by atoms with Gasteiger partial charge in [0.05, 0.1) is 68.1 Å². The maximum absolute atomic E-state index is 16.1. The molecule has 2 saturated carbocycles. The van der Waals surface area contributed by atoms with E-state index in [4.69, 9.17) is 33.2 Å². The Morgan fingerprint density at radius 1 is 0.845 bits per heavy atom. The van der Waals surface area contributed by atoms with E-state index >= 15 is 4.79 Å². The van der Waals surface area contributed by atoms with Gasteiger partial charge in [0.15, 0.2) is 23.6 Å². The molecule has 1 unspecified atom stereocenters. The number of aromatic nitrogens is 2. The summed E-state index contributed by atoms with van der Waals surface area (Å²) in [6.07, 6.45) is -14.4. The number of nitrogens with one attached hydrogen (secondary N) is 2. The van der Waals surface area contributed by atoms with E-state index in [2.05, 4.69) is 10.6 Å². The molecule has 2 amide bonds. The van der Waals surface area contributed by atoms with Crippen LogP contribution in [0, 0.1) is 23.7 Å². The van der Waals surface area contributed by atoms with Crippen LogP contribution in [0.3, 0.4) is 0 Å². The first-order valence-corrected chi connectivity index (χ1v) is 27.7. The molecule has 4 fully saturated rings. The molecule has 2 aliphatic heterocycles. The molecule has 84 heavy (non-hydrogen) atoms. The first kappa shape index (κ1) is 61.1. The Bertz CT molecular complexity index is 3300. The quantitative estimate of drug-likeness (QED) is 0.0324. The van der Waals surface area contributed by atoms with Gasteiger partial charge in [0.25, 0.3) is 11.5 Å². The van der Waals surface area contributed by atoms with Gasteiger partial charge < -0.3 is 69.3 Å². The number of Topliss-reactive ketones (excluding diaryl/α,β-unsaturated/α-hetero) is 1. The van der Waals surface area contributed by atoms with Crippen LogP contribution in [0.2, 0.25) is 0 Å². The highest BCUT2D eigenvalue weighted by molar-refractivity contribution is 5.96. The molecule has 3 heterocycles. The summed E-state index contributed by atoms with van der Waals surface area (Å²) < 4.78 is 44.4. The Morgan fingerprint density at radius 3 is 2.10 bits per heavy atom. The van der Waals surface area contributed by atoms with Crippen molar-refractivity contribution in [1.82, 2.24) is 19.8 Å². The first-order valence-electron chi connectivity index (χ1n) is 27.7. The minimum atomic E-state index is -2.54. The van der Waals surface area contributed by atoms with E-state index in [9.17, 15) is 59.1 Å². The fraction of sp³-hybridized carbons (Fsp3) is 0.500. The van der Waals surface area contributed by atoms with Gasteiger partial charge >= 0.3 is 29.7 Å². The number of ketones is 1. The van der Waals surface area contributed by atoms with Gasteiger partial charge in [-0.3, -0.25) is 28.3 Å². The fourth-order valence-electron chi connectivity index (χ4n) is 12.9. The highest BCUT2D eigenvalue weighted by Gasteiger charge is 2.78. The summed E-state index contributed by atoms with van der Waals surface area (Å²) in [6, 6.07) is 22.4. The van der Waals surface area contributed by atoms with Crippen LogP contribution in [0.25, 0.3) is 0 Å². The van der Waals surface area contributed by atoms with Crippen LogP contribution < -0.4 is 21.9 Å². The standard InChI is InChI=1S/C60H70N4O20/c1-32-29-64(43-26-38(67)40(30-65)80-43)56(76)63(52(32)72)23-25-78-24-22-61-55(75)82-47-44-33(2)39(81-54(74)46(69)45(35-16-10-7-11-17-35)62-51(71)36-18-12-8-13-19-36)28-60(77,57(44,4)5)50(83-53(73)37-20-14-9-15-21-37)48-58(6,49(47)70)41(68)27-42-59(48,31-79-42)84-34(3)66/h7-21,29,38-43,45-48,50,65,67-69,77H,22-28,30-31H2,1-6H3,(H,61,75)(H,62,71)/t38-,39-,40+,41-,42+,43+,45-,46+,47+,48-,50-,58?,59-,60+/m0/s1. The van der Waals surface area contributed by atoms with Gasteiger partial charge in [-0.1, -0.05) is 80.6 Å². The number of carbonyl (C=O) groups is 6. The summed E-state index contributed by atoms with van der Waals surface area (Å²) in [5.41, 5.74) is -9.24. The molecule has 4 aromatic rings. The number of aliphatic hydroxyl groups excluding tert-OH is 4. The van der Waals surface area contributed by atoms with Crippen LogP contribution in [-0.2, 0) is 54.1 Å². The Morgan fingerprint density at radius 2 is 1.49 bits per heavy atom. The van der Waals surface area contributed by atoms with Gasteiger partial charge in [0.2, 0.25) is 0 Å². The van der Waals surface area contributed by atoms with E-state index in [1.165, 1.54) is 65.1 Å². The summed E-state index contributed by atoms with van der Waals surface area (Å²) in [5, 5.41) is 63.6. The molecule has 5 aliphatic rings. The Kier molecular flexibility index (Phi) is 17.7. The summed E-state index contributed by atoms with van der Waals surface area (Å²) in [4.78, 5) is 113. The topological polar surface area (TPSA) is 336 Å². The number of amides is 2.